The normalized spacial score (nSPS) is 11.0. The molecule has 0 atom stereocenters. The van der Waals surface area contributed by atoms with Crippen LogP contribution in [0.4, 0.5) is 0 Å². The van der Waals surface area contributed by atoms with Crippen LogP contribution >= 0.6 is 34.8 Å². The van der Waals surface area contributed by atoms with E-state index in [-0.39, 0.29) is 12.3 Å². The van der Waals surface area contributed by atoms with Crippen LogP contribution in [0.2, 0.25) is 15.1 Å². The fourth-order valence-corrected chi connectivity index (χ4v) is 2.84. The second kappa shape index (κ2) is 5.72. The minimum Gasteiger partial charge on any atom is -0.340 e. The molecule has 0 aliphatic heterocycles. The topological polar surface area (TPSA) is 22.0 Å². The average Bonchev–Trinajstić information content (AvgIpc) is 2.83. The van der Waals surface area contributed by atoms with Gasteiger partial charge in [0.25, 0.3) is 0 Å². The molecule has 0 aliphatic carbocycles. The first-order chi connectivity index (χ1) is 10.0. The van der Waals surface area contributed by atoms with Gasteiger partial charge in [0.05, 0.1) is 11.6 Å². The summed E-state index contributed by atoms with van der Waals surface area (Å²) in [6.07, 6.45) is 1.86. The van der Waals surface area contributed by atoms with Crippen molar-refractivity contribution in [2.45, 2.75) is 6.54 Å². The van der Waals surface area contributed by atoms with Crippen LogP contribution < -0.4 is 0 Å². The average molecular weight is 339 g/mol. The monoisotopic (exact) mass is 337 g/mol. The van der Waals surface area contributed by atoms with E-state index in [1.165, 1.54) is 0 Å². The molecule has 0 fully saturated rings. The molecule has 1 heterocycles. The van der Waals surface area contributed by atoms with Crippen LogP contribution in [0.3, 0.4) is 0 Å². The van der Waals surface area contributed by atoms with Gasteiger partial charge in [-0.2, -0.15) is 0 Å². The van der Waals surface area contributed by atoms with Crippen LogP contribution in [0.5, 0.6) is 0 Å². The number of carbonyl (C=O) groups is 1. The van der Waals surface area contributed by atoms with Gasteiger partial charge in [0.15, 0.2) is 5.78 Å². The zero-order valence-corrected chi connectivity index (χ0v) is 13.1. The Labute approximate surface area is 136 Å². The molecular weight excluding hydrogens is 329 g/mol. The number of rotatable bonds is 3. The molecule has 106 valence electrons. The van der Waals surface area contributed by atoms with Crippen molar-refractivity contribution >= 4 is 51.5 Å². The summed E-state index contributed by atoms with van der Waals surface area (Å²) in [5.74, 6) is -0.0880. The van der Waals surface area contributed by atoms with Crippen LogP contribution in [-0.2, 0) is 6.54 Å². The maximum atomic E-state index is 12.4. The number of halogens is 3. The first-order valence-corrected chi connectivity index (χ1v) is 7.40. The van der Waals surface area contributed by atoms with E-state index in [0.29, 0.717) is 20.6 Å². The Balaban J connectivity index is 1.95. The van der Waals surface area contributed by atoms with Crippen LogP contribution in [0.1, 0.15) is 10.4 Å². The summed E-state index contributed by atoms with van der Waals surface area (Å²) in [5, 5.41) is 2.56. The predicted octanol–water partition coefficient (Wildman–Crippen LogP) is 5.48. The summed E-state index contributed by atoms with van der Waals surface area (Å²) >= 11 is 17.9. The molecular formula is C16H10Cl3NO. The number of benzene rings is 2. The summed E-state index contributed by atoms with van der Waals surface area (Å²) < 4.78 is 1.87. The largest absolute Gasteiger partial charge is 0.340 e. The standard InChI is InChI=1S/C16H10Cl3NO/c17-11-2-4-15-10(7-11)5-6-20(15)9-16(21)13-8-12(18)1-3-14(13)19/h1-8H,9H2. The van der Waals surface area contributed by atoms with Gasteiger partial charge < -0.3 is 4.57 Å². The van der Waals surface area contributed by atoms with E-state index in [1.54, 1.807) is 24.3 Å². The molecule has 2 aromatic carbocycles. The lowest BCUT2D eigenvalue weighted by molar-refractivity contribution is 0.0974. The van der Waals surface area contributed by atoms with Gasteiger partial charge in [0.1, 0.15) is 0 Å². The summed E-state index contributed by atoms with van der Waals surface area (Å²) in [5.41, 5.74) is 1.38. The molecule has 0 N–H and O–H groups in total. The minimum absolute atomic E-state index is 0.0880. The molecule has 0 aliphatic rings. The molecule has 0 amide bonds. The molecule has 3 rings (SSSR count). The number of carbonyl (C=O) groups excluding carboxylic acids is 1. The van der Waals surface area contributed by atoms with E-state index >= 15 is 0 Å². The number of hydrogen-bond acceptors (Lipinski definition) is 1. The third-order valence-electron chi connectivity index (χ3n) is 3.28. The van der Waals surface area contributed by atoms with Crippen LogP contribution in [0.25, 0.3) is 10.9 Å². The van der Waals surface area contributed by atoms with Gasteiger partial charge in [-0.3, -0.25) is 4.79 Å². The quantitative estimate of drug-likeness (QED) is 0.579. The zero-order valence-electron chi connectivity index (χ0n) is 10.8. The Morgan fingerprint density at radius 2 is 1.67 bits per heavy atom. The van der Waals surface area contributed by atoms with Crippen molar-refractivity contribution in [2.75, 3.05) is 0 Å². The summed E-state index contributed by atoms with van der Waals surface area (Å²) in [4.78, 5) is 12.4. The van der Waals surface area contributed by atoms with Gasteiger partial charge in [-0.15, -0.1) is 0 Å². The summed E-state index contributed by atoms with van der Waals surface area (Å²) in [6.45, 7) is 0.200. The molecule has 1 aromatic heterocycles. The lowest BCUT2D eigenvalue weighted by atomic mass is 10.1. The molecule has 0 radical (unpaired) electrons. The molecule has 3 aromatic rings. The lowest BCUT2D eigenvalue weighted by Crippen LogP contribution is -2.10. The number of nitrogens with zero attached hydrogens (tertiary/aromatic N) is 1. The Bertz CT molecular complexity index is 839. The SMILES string of the molecule is O=C(Cn1ccc2cc(Cl)ccc21)c1cc(Cl)ccc1Cl. The maximum absolute atomic E-state index is 12.4. The van der Waals surface area contributed by atoms with E-state index in [2.05, 4.69) is 0 Å². The van der Waals surface area contributed by atoms with Gasteiger partial charge >= 0.3 is 0 Å². The van der Waals surface area contributed by atoms with Crippen molar-refractivity contribution in [3.8, 4) is 0 Å². The predicted molar refractivity (Wildman–Crippen MR) is 87.7 cm³/mol. The molecule has 0 saturated carbocycles. The number of Topliss-reactive ketones (excluding diaryl/α,β-unsaturated/α-hetero) is 1. The highest BCUT2D eigenvalue weighted by Gasteiger charge is 2.13. The fourth-order valence-electron chi connectivity index (χ4n) is 2.26. The van der Waals surface area contributed by atoms with Crippen molar-refractivity contribution in [3.05, 3.63) is 69.3 Å². The fraction of sp³-hybridized carbons (Fsp3) is 0.0625. The van der Waals surface area contributed by atoms with E-state index < -0.39 is 0 Å². The molecule has 5 heteroatoms. The Morgan fingerprint density at radius 1 is 0.952 bits per heavy atom. The number of ketones is 1. The van der Waals surface area contributed by atoms with Gasteiger partial charge in [0, 0.05) is 32.7 Å². The van der Waals surface area contributed by atoms with E-state index in [0.717, 1.165) is 10.9 Å². The lowest BCUT2D eigenvalue weighted by Gasteiger charge is -2.07. The second-order valence-corrected chi connectivity index (χ2v) is 5.97. The number of hydrogen-bond donors (Lipinski definition) is 0. The summed E-state index contributed by atoms with van der Waals surface area (Å²) in [7, 11) is 0. The molecule has 0 saturated heterocycles. The van der Waals surface area contributed by atoms with E-state index in [9.17, 15) is 4.79 Å². The van der Waals surface area contributed by atoms with Gasteiger partial charge in [-0.05, 0) is 42.5 Å². The van der Waals surface area contributed by atoms with Crippen LogP contribution in [-0.4, -0.2) is 10.4 Å². The number of fused-ring (bicyclic) bond motifs is 1. The molecule has 2 nitrogen and oxygen atoms in total. The highest BCUT2D eigenvalue weighted by atomic mass is 35.5. The Kier molecular flexibility index (Phi) is 3.94. The van der Waals surface area contributed by atoms with Crippen molar-refractivity contribution < 1.29 is 4.79 Å². The minimum atomic E-state index is -0.0880. The third kappa shape index (κ3) is 2.93. The Hall–Kier alpha value is -1.48. The smallest absolute Gasteiger partial charge is 0.184 e. The molecule has 0 bridgehead atoms. The summed E-state index contributed by atoms with van der Waals surface area (Å²) in [6, 6.07) is 12.4. The first-order valence-electron chi connectivity index (χ1n) is 6.27. The zero-order chi connectivity index (χ0) is 15.0. The van der Waals surface area contributed by atoms with Gasteiger partial charge in [-0.25, -0.2) is 0 Å². The van der Waals surface area contributed by atoms with Crippen molar-refractivity contribution in [1.82, 2.24) is 4.57 Å². The van der Waals surface area contributed by atoms with Crippen LogP contribution in [0.15, 0.2) is 48.7 Å². The maximum Gasteiger partial charge on any atom is 0.184 e. The van der Waals surface area contributed by atoms with E-state index in [4.69, 9.17) is 34.8 Å². The number of aromatic nitrogens is 1. The molecule has 0 spiro atoms. The van der Waals surface area contributed by atoms with Crippen LogP contribution in [0, 0.1) is 0 Å². The second-order valence-electron chi connectivity index (χ2n) is 4.69. The van der Waals surface area contributed by atoms with Crippen molar-refractivity contribution in [1.29, 1.82) is 0 Å². The Morgan fingerprint density at radius 3 is 2.48 bits per heavy atom. The molecule has 0 unspecified atom stereocenters. The third-order valence-corrected chi connectivity index (χ3v) is 4.08. The highest BCUT2D eigenvalue weighted by molar-refractivity contribution is 6.36. The van der Waals surface area contributed by atoms with Gasteiger partial charge in [0.2, 0.25) is 0 Å². The van der Waals surface area contributed by atoms with Crippen molar-refractivity contribution in [2.24, 2.45) is 0 Å². The highest BCUT2D eigenvalue weighted by Crippen LogP contribution is 2.24. The molecule has 21 heavy (non-hydrogen) atoms. The first kappa shape index (κ1) is 14.5. The van der Waals surface area contributed by atoms with Gasteiger partial charge in [-0.1, -0.05) is 34.8 Å². The van der Waals surface area contributed by atoms with Crippen molar-refractivity contribution in [3.63, 3.8) is 0 Å². The van der Waals surface area contributed by atoms with E-state index in [1.807, 2.05) is 29.0 Å².